The number of aliphatic hydroxyl groups is 1. The highest BCUT2D eigenvalue weighted by molar-refractivity contribution is 5.97. The summed E-state index contributed by atoms with van der Waals surface area (Å²) in [6.45, 7) is 5.74. The van der Waals surface area contributed by atoms with E-state index in [2.05, 4.69) is 5.32 Å². The molecule has 0 bridgehead atoms. The zero-order chi connectivity index (χ0) is 11.4. The average molecular weight is 207 g/mol. The Morgan fingerprint density at radius 3 is 2.40 bits per heavy atom. The number of carbonyl (C=O) groups is 1. The van der Waals surface area contributed by atoms with Gasteiger partial charge >= 0.3 is 0 Å². The second-order valence-electron chi connectivity index (χ2n) is 3.83. The minimum Gasteiger partial charge on any atom is -0.392 e. The van der Waals surface area contributed by atoms with Crippen molar-refractivity contribution in [3.63, 3.8) is 0 Å². The SMILES string of the molecule is Cc1cccc(C)c1C(=O)NCC(C)O. The Hall–Kier alpha value is -1.35. The third-order valence-corrected chi connectivity index (χ3v) is 2.27. The van der Waals surface area contributed by atoms with E-state index in [0.29, 0.717) is 5.56 Å². The molecule has 1 rings (SSSR count). The molecular formula is C12H17NO2. The first-order valence-corrected chi connectivity index (χ1v) is 5.05. The second-order valence-corrected chi connectivity index (χ2v) is 3.83. The summed E-state index contributed by atoms with van der Waals surface area (Å²) in [5.41, 5.74) is 2.62. The largest absolute Gasteiger partial charge is 0.392 e. The molecule has 1 aromatic carbocycles. The highest BCUT2D eigenvalue weighted by Gasteiger charge is 2.11. The van der Waals surface area contributed by atoms with Crippen molar-refractivity contribution in [1.82, 2.24) is 5.32 Å². The van der Waals surface area contributed by atoms with E-state index in [1.165, 1.54) is 0 Å². The van der Waals surface area contributed by atoms with E-state index in [9.17, 15) is 4.79 Å². The predicted molar refractivity (Wildman–Crippen MR) is 59.9 cm³/mol. The molecule has 3 nitrogen and oxygen atoms in total. The van der Waals surface area contributed by atoms with Gasteiger partial charge in [0.25, 0.3) is 5.91 Å². The van der Waals surface area contributed by atoms with Gasteiger partial charge in [-0.1, -0.05) is 18.2 Å². The van der Waals surface area contributed by atoms with Gasteiger partial charge in [-0.15, -0.1) is 0 Å². The standard InChI is InChI=1S/C12H17NO2/c1-8-5-4-6-9(2)11(8)12(15)13-7-10(3)14/h4-6,10,14H,7H2,1-3H3,(H,13,15). The summed E-state index contributed by atoms with van der Waals surface area (Å²) < 4.78 is 0. The van der Waals surface area contributed by atoms with Crippen LogP contribution in [-0.2, 0) is 0 Å². The minimum absolute atomic E-state index is 0.119. The lowest BCUT2D eigenvalue weighted by Crippen LogP contribution is -2.31. The van der Waals surface area contributed by atoms with Gasteiger partial charge in [-0.2, -0.15) is 0 Å². The molecule has 1 aromatic rings. The molecule has 15 heavy (non-hydrogen) atoms. The summed E-state index contributed by atoms with van der Waals surface area (Å²) >= 11 is 0. The van der Waals surface area contributed by atoms with E-state index < -0.39 is 6.10 Å². The first-order chi connectivity index (χ1) is 7.02. The Labute approximate surface area is 90.1 Å². The summed E-state index contributed by atoms with van der Waals surface area (Å²) in [7, 11) is 0. The number of amides is 1. The van der Waals surface area contributed by atoms with Crippen LogP contribution < -0.4 is 5.32 Å². The molecule has 0 spiro atoms. The highest BCUT2D eigenvalue weighted by atomic mass is 16.3. The van der Waals surface area contributed by atoms with E-state index >= 15 is 0 Å². The molecule has 0 aliphatic heterocycles. The van der Waals surface area contributed by atoms with Crippen LogP contribution in [0.25, 0.3) is 0 Å². The summed E-state index contributed by atoms with van der Waals surface area (Å²) in [6, 6.07) is 5.74. The maximum Gasteiger partial charge on any atom is 0.251 e. The van der Waals surface area contributed by atoms with Crippen LogP contribution in [0.4, 0.5) is 0 Å². The normalized spacial score (nSPS) is 12.3. The molecule has 0 fully saturated rings. The number of hydrogen-bond acceptors (Lipinski definition) is 2. The van der Waals surface area contributed by atoms with Crippen molar-refractivity contribution in [2.24, 2.45) is 0 Å². The maximum atomic E-state index is 11.8. The first-order valence-electron chi connectivity index (χ1n) is 5.05. The topological polar surface area (TPSA) is 49.3 Å². The monoisotopic (exact) mass is 207 g/mol. The minimum atomic E-state index is -0.515. The van der Waals surface area contributed by atoms with Crippen molar-refractivity contribution in [2.75, 3.05) is 6.54 Å². The lowest BCUT2D eigenvalue weighted by Gasteiger charge is -2.11. The molecule has 1 amide bonds. The van der Waals surface area contributed by atoms with Crippen molar-refractivity contribution in [3.05, 3.63) is 34.9 Å². The zero-order valence-electron chi connectivity index (χ0n) is 9.37. The lowest BCUT2D eigenvalue weighted by molar-refractivity contribution is 0.0923. The second kappa shape index (κ2) is 4.94. The van der Waals surface area contributed by atoms with Crippen LogP contribution in [0.5, 0.6) is 0 Å². The summed E-state index contributed by atoms with van der Waals surface area (Å²) in [4.78, 5) is 11.8. The Kier molecular flexibility index (Phi) is 3.86. The van der Waals surface area contributed by atoms with Crippen LogP contribution in [0.1, 0.15) is 28.4 Å². The highest BCUT2D eigenvalue weighted by Crippen LogP contribution is 2.12. The third kappa shape index (κ3) is 3.06. The molecule has 0 saturated heterocycles. The first kappa shape index (κ1) is 11.7. The van der Waals surface area contributed by atoms with Gasteiger partial charge in [-0.05, 0) is 31.9 Å². The number of benzene rings is 1. The van der Waals surface area contributed by atoms with E-state index in [1.54, 1.807) is 6.92 Å². The number of nitrogens with one attached hydrogen (secondary N) is 1. The van der Waals surface area contributed by atoms with Gasteiger partial charge in [-0.25, -0.2) is 0 Å². The molecule has 0 saturated carbocycles. The Morgan fingerprint density at radius 2 is 1.93 bits per heavy atom. The molecular weight excluding hydrogens is 190 g/mol. The van der Waals surface area contributed by atoms with Crippen LogP contribution in [0.3, 0.4) is 0 Å². The van der Waals surface area contributed by atoms with Gasteiger partial charge in [0.1, 0.15) is 0 Å². The van der Waals surface area contributed by atoms with Crippen LogP contribution in [-0.4, -0.2) is 23.7 Å². The van der Waals surface area contributed by atoms with E-state index in [1.807, 2.05) is 32.0 Å². The predicted octanol–water partition coefficient (Wildman–Crippen LogP) is 1.41. The molecule has 0 heterocycles. The fourth-order valence-electron chi connectivity index (χ4n) is 1.50. The van der Waals surface area contributed by atoms with Gasteiger partial charge in [0, 0.05) is 12.1 Å². The van der Waals surface area contributed by atoms with E-state index in [-0.39, 0.29) is 12.5 Å². The summed E-state index contributed by atoms with van der Waals surface area (Å²) in [5, 5.41) is 11.8. The average Bonchev–Trinajstić information content (AvgIpc) is 2.14. The van der Waals surface area contributed by atoms with Gasteiger partial charge in [0.15, 0.2) is 0 Å². The maximum absolute atomic E-state index is 11.8. The molecule has 1 unspecified atom stereocenters. The van der Waals surface area contributed by atoms with Gasteiger partial charge in [0.05, 0.1) is 6.10 Å². The van der Waals surface area contributed by atoms with Crippen molar-refractivity contribution in [2.45, 2.75) is 26.9 Å². The molecule has 3 heteroatoms. The van der Waals surface area contributed by atoms with Gasteiger partial charge in [-0.3, -0.25) is 4.79 Å². The van der Waals surface area contributed by atoms with Crippen LogP contribution in [0.2, 0.25) is 0 Å². The number of aryl methyl sites for hydroxylation is 2. The quantitative estimate of drug-likeness (QED) is 0.787. The number of carbonyl (C=O) groups excluding carboxylic acids is 1. The van der Waals surface area contributed by atoms with Crippen LogP contribution >= 0.6 is 0 Å². The molecule has 0 aliphatic carbocycles. The lowest BCUT2D eigenvalue weighted by atomic mass is 10.0. The summed E-state index contributed by atoms with van der Waals surface area (Å²) in [5.74, 6) is -0.119. The number of rotatable bonds is 3. The van der Waals surface area contributed by atoms with Crippen molar-refractivity contribution in [3.8, 4) is 0 Å². The summed E-state index contributed by atoms with van der Waals surface area (Å²) in [6.07, 6.45) is -0.515. The van der Waals surface area contributed by atoms with Crippen molar-refractivity contribution < 1.29 is 9.90 Å². The zero-order valence-corrected chi connectivity index (χ0v) is 9.37. The molecule has 2 N–H and O–H groups in total. The van der Waals surface area contributed by atoms with E-state index in [4.69, 9.17) is 5.11 Å². The van der Waals surface area contributed by atoms with Gasteiger partial charge < -0.3 is 10.4 Å². The number of hydrogen-bond donors (Lipinski definition) is 2. The molecule has 1 atom stereocenters. The Bertz CT molecular complexity index is 338. The fraction of sp³-hybridized carbons (Fsp3) is 0.417. The Balaban J connectivity index is 2.82. The van der Waals surface area contributed by atoms with Crippen LogP contribution in [0.15, 0.2) is 18.2 Å². The molecule has 0 aliphatic rings. The smallest absolute Gasteiger partial charge is 0.251 e. The van der Waals surface area contributed by atoms with Crippen molar-refractivity contribution >= 4 is 5.91 Å². The van der Waals surface area contributed by atoms with Crippen LogP contribution in [0, 0.1) is 13.8 Å². The fourth-order valence-corrected chi connectivity index (χ4v) is 1.50. The molecule has 0 aromatic heterocycles. The Morgan fingerprint density at radius 1 is 1.40 bits per heavy atom. The van der Waals surface area contributed by atoms with E-state index in [0.717, 1.165) is 11.1 Å². The van der Waals surface area contributed by atoms with Crippen molar-refractivity contribution in [1.29, 1.82) is 0 Å². The molecule has 82 valence electrons. The third-order valence-electron chi connectivity index (χ3n) is 2.27. The molecule has 0 radical (unpaired) electrons. The number of aliphatic hydroxyl groups excluding tert-OH is 1. The van der Waals surface area contributed by atoms with Gasteiger partial charge in [0.2, 0.25) is 0 Å².